The number of imidazole rings is 1. The van der Waals surface area contributed by atoms with Gasteiger partial charge in [-0.25, -0.2) is 10.4 Å². The van der Waals surface area contributed by atoms with Crippen molar-refractivity contribution in [3.05, 3.63) is 18.2 Å². The Balaban J connectivity index is 1.73. The van der Waals surface area contributed by atoms with Crippen LogP contribution in [0, 0.1) is 0 Å². The van der Waals surface area contributed by atoms with Crippen molar-refractivity contribution in [1.29, 1.82) is 0 Å². The molecule has 2 amide bonds. The number of nitrogens with zero attached hydrogens (tertiary/aromatic N) is 4. The van der Waals surface area contributed by atoms with E-state index in [0.717, 1.165) is 12.4 Å². The number of carbonyl (C=O) groups excluding carboxylic acids is 2. The number of fused-ring (bicyclic) bond motifs is 1. The average Bonchev–Trinajstić information content (AvgIpc) is 2.86. The van der Waals surface area contributed by atoms with Crippen molar-refractivity contribution >= 4 is 17.5 Å². The molecular formula is C11H13N5O2. The first-order valence-electron chi connectivity index (χ1n) is 5.89. The molecule has 7 nitrogen and oxygen atoms in total. The maximum Gasteiger partial charge on any atom is 0.270 e. The summed E-state index contributed by atoms with van der Waals surface area (Å²) in [5.41, 5.74) is 2.77. The molecule has 18 heavy (non-hydrogen) atoms. The van der Waals surface area contributed by atoms with Gasteiger partial charge in [0.2, 0.25) is 5.91 Å². The van der Waals surface area contributed by atoms with Crippen LogP contribution in [0.15, 0.2) is 17.5 Å². The van der Waals surface area contributed by atoms with Crippen molar-refractivity contribution in [2.45, 2.75) is 25.9 Å². The van der Waals surface area contributed by atoms with E-state index in [9.17, 15) is 9.59 Å². The highest BCUT2D eigenvalue weighted by Crippen LogP contribution is 2.12. The van der Waals surface area contributed by atoms with Crippen LogP contribution in [0.1, 0.15) is 18.7 Å². The predicted octanol–water partition coefficient (Wildman–Crippen LogP) is -0.509. The van der Waals surface area contributed by atoms with Crippen LogP contribution in [0.2, 0.25) is 0 Å². The second-order valence-corrected chi connectivity index (χ2v) is 4.36. The standard InChI is InChI=1S/C11H13N5O2/c17-10-2-1-8(13-14-10)11(18)16-6-5-15-4-3-12-9(15)7-16/h3-4H,1-2,5-7H2,(H,14,17). The maximum atomic E-state index is 12.2. The molecule has 1 aromatic rings. The molecule has 2 aliphatic heterocycles. The summed E-state index contributed by atoms with van der Waals surface area (Å²) in [5.74, 6) is 0.639. The van der Waals surface area contributed by atoms with Crippen molar-refractivity contribution in [3.8, 4) is 0 Å². The topological polar surface area (TPSA) is 79.6 Å². The van der Waals surface area contributed by atoms with Gasteiger partial charge >= 0.3 is 0 Å². The number of nitrogens with one attached hydrogen (secondary N) is 1. The van der Waals surface area contributed by atoms with Gasteiger partial charge in [0.25, 0.3) is 5.91 Å². The van der Waals surface area contributed by atoms with Gasteiger partial charge in [-0.3, -0.25) is 9.59 Å². The molecule has 2 aliphatic rings. The smallest absolute Gasteiger partial charge is 0.270 e. The molecular weight excluding hydrogens is 234 g/mol. The van der Waals surface area contributed by atoms with Crippen LogP contribution >= 0.6 is 0 Å². The van der Waals surface area contributed by atoms with Gasteiger partial charge in [0.1, 0.15) is 11.5 Å². The maximum absolute atomic E-state index is 12.2. The summed E-state index contributed by atoms with van der Waals surface area (Å²) in [5, 5.41) is 3.83. The number of carbonyl (C=O) groups is 2. The minimum Gasteiger partial charge on any atom is -0.332 e. The van der Waals surface area contributed by atoms with E-state index in [-0.39, 0.29) is 11.8 Å². The highest BCUT2D eigenvalue weighted by Gasteiger charge is 2.26. The van der Waals surface area contributed by atoms with E-state index < -0.39 is 0 Å². The Labute approximate surface area is 103 Å². The average molecular weight is 247 g/mol. The third kappa shape index (κ3) is 1.87. The normalized spacial score (nSPS) is 19.0. The number of hydrogen-bond donors (Lipinski definition) is 1. The largest absolute Gasteiger partial charge is 0.332 e. The fourth-order valence-electron chi connectivity index (χ4n) is 2.16. The number of rotatable bonds is 1. The molecule has 3 heterocycles. The lowest BCUT2D eigenvalue weighted by atomic mass is 10.1. The fraction of sp³-hybridized carbons (Fsp3) is 0.455. The van der Waals surface area contributed by atoms with Crippen LogP contribution in [0.5, 0.6) is 0 Å². The van der Waals surface area contributed by atoms with Gasteiger partial charge in [-0.2, -0.15) is 5.10 Å². The molecule has 0 unspecified atom stereocenters. The number of hydrogen-bond acceptors (Lipinski definition) is 4. The van der Waals surface area contributed by atoms with Gasteiger partial charge in [-0.15, -0.1) is 0 Å². The Hall–Kier alpha value is -2.18. The van der Waals surface area contributed by atoms with Crippen LogP contribution in [0.4, 0.5) is 0 Å². The molecule has 0 saturated carbocycles. The Morgan fingerprint density at radius 3 is 3.00 bits per heavy atom. The molecule has 1 aromatic heterocycles. The molecule has 0 aromatic carbocycles. The summed E-state index contributed by atoms with van der Waals surface area (Å²) in [6, 6.07) is 0. The summed E-state index contributed by atoms with van der Waals surface area (Å²) >= 11 is 0. The summed E-state index contributed by atoms with van der Waals surface area (Å²) < 4.78 is 2.04. The summed E-state index contributed by atoms with van der Waals surface area (Å²) in [6.45, 7) is 1.90. The Bertz CT molecular complexity index is 533. The molecule has 0 atom stereocenters. The lowest BCUT2D eigenvalue weighted by Crippen LogP contribution is -2.43. The van der Waals surface area contributed by atoms with E-state index in [1.807, 2.05) is 10.8 Å². The third-order valence-corrected chi connectivity index (χ3v) is 3.18. The molecule has 7 heteroatoms. The van der Waals surface area contributed by atoms with Crippen molar-refractivity contribution in [2.75, 3.05) is 6.54 Å². The van der Waals surface area contributed by atoms with Crippen molar-refractivity contribution in [3.63, 3.8) is 0 Å². The molecule has 0 aliphatic carbocycles. The predicted molar refractivity (Wildman–Crippen MR) is 62.5 cm³/mol. The van der Waals surface area contributed by atoms with Crippen molar-refractivity contribution in [2.24, 2.45) is 5.10 Å². The zero-order valence-electron chi connectivity index (χ0n) is 9.80. The monoisotopic (exact) mass is 247 g/mol. The van der Waals surface area contributed by atoms with Crippen LogP contribution in [-0.4, -0.2) is 38.5 Å². The van der Waals surface area contributed by atoms with Gasteiger partial charge in [-0.05, 0) is 0 Å². The molecule has 0 spiro atoms. The molecule has 0 radical (unpaired) electrons. The second-order valence-electron chi connectivity index (χ2n) is 4.36. The molecule has 3 rings (SSSR count). The van der Waals surface area contributed by atoms with Crippen LogP contribution in [0.3, 0.4) is 0 Å². The van der Waals surface area contributed by atoms with E-state index in [1.165, 1.54) is 0 Å². The Kier molecular flexibility index (Phi) is 2.58. The molecule has 0 saturated heterocycles. The van der Waals surface area contributed by atoms with Gasteiger partial charge in [0, 0.05) is 38.3 Å². The van der Waals surface area contributed by atoms with Gasteiger partial charge in [-0.1, -0.05) is 0 Å². The summed E-state index contributed by atoms with van der Waals surface area (Å²) in [6.07, 6.45) is 4.39. The summed E-state index contributed by atoms with van der Waals surface area (Å²) in [4.78, 5) is 29.1. The van der Waals surface area contributed by atoms with Gasteiger partial charge in [0.05, 0.1) is 6.54 Å². The quantitative estimate of drug-likeness (QED) is 0.726. The Morgan fingerprint density at radius 2 is 2.22 bits per heavy atom. The van der Waals surface area contributed by atoms with E-state index in [0.29, 0.717) is 31.6 Å². The lowest BCUT2D eigenvalue weighted by molar-refractivity contribution is -0.126. The second kappa shape index (κ2) is 4.25. The van der Waals surface area contributed by atoms with E-state index in [4.69, 9.17) is 0 Å². The minimum absolute atomic E-state index is 0.107. The zero-order valence-corrected chi connectivity index (χ0v) is 9.80. The van der Waals surface area contributed by atoms with E-state index >= 15 is 0 Å². The van der Waals surface area contributed by atoms with Crippen LogP contribution < -0.4 is 5.43 Å². The van der Waals surface area contributed by atoms with E-state index in [1.54, 1.807) is 11.1 Å². The molecule has 94 valence electrons. The highest BCUT2D eigenvalue weighted by atomic mass is 16.2. The first-order valence-corrected chi connectivity index (χ1v) is 5.89. The fourth-order valence-corrected chi connectivity index (χ4v) is 2.16. The van der Waals surface area contributed by atoms with Crippen molar-refractivity contribution < 1.29 is 9.59 Å². The van der Waals surface area contributed by atoms with Gasteiger partial charge in [0.15, 0.2) is 0 Å². The molecule has 0 fully saturated rings. The summed E-state index contributed by atoms with van der Waals surface area (Å²) in [7, 11) is 0. The molecule has 0 bridgehead atoms. The minimum atomic E-state index is -0.138. The van der Waals surface area contributed by atoms with Crippen molar-refractivity contribution in [1.82, 2.24) is 19.9 Å². The zero-order chi connectivity index (χ0) is 12.5. The number of amides is 2. The molecule has 1 N–H and O–H groups in total. The first kappa shape index (κ1) is 10.9. The SMILES string of the molecule is O=C1CCC(C(=O)N2CCn3ccnc3C2)=NN1. The van der Waals surface area contributed by atoms with Gasteiger partial charge < -0.3 is 9.47 Å². The number of hydrazone groups is 1. The van der Waals surface area contributed by atoms with Crippen LogP contribution in [-0.2, 0) is 22.7 Å². The Morgan fingerprint density at radius 1 is 1.33 bits per heavy atom. The first-order chi connectivity index (χ1) is 8.74. The van der Waals surface area contributed by atoms with E-state index in [2.05, 4.69) is 15.5 Å². The van der Waals surface area contributed by atoms with Crippen LogP contribution in [0.25, 0.3) is 0 Å². The highest BCUT2D eigenvalue weighted by molar-refractivity contribution is 6.39. The third-order valence-electron chi connectivity index (χ3n) is 3.18. The lowest BCUT2D eigenvalue weighted by Gasteiger charge is -2.28. The number of aromatic nitrogens is 2.